The summed E-state index contributed by atoms with van der Waals surface area (Å²) in [6.07, 6.45) is -0.0834. The molecule has 0 aliphatic carbocycles. The van der Waals surface area contributed by atoms with Crippen molar-refractivity contribution in [3.63, 3.8) is 0 Å². The Bertz CT molecular complexity index is 297. The Balaban J connectivity index is 2.68. The van der Waals surface area contributed by atoms with Crippen molar-refractivity contribution in [3.05, 3.63) is 16.1 Å². The molecule has 0 aromatic carbocycles. The Kier molecular flexibility index (Phi) is 3.39. The first-order valence-electron chi connectivity index (χ1n) is 3.82. The third-order valence-corrected chi connectivity index (χ3v) is 2.66. The number of carboxylic acid groups (broad SMARTS) is 1. The van der Waals surface area contributed by atoms with Gasteiger partial charge in [0.2, 0.25) is 0 Å². The van der Waals surface area contributed by atoms with Gasteiger partial charge in [-0.3, -0.25) is 4.79 Å². The van der Waals surface area contributed by atoms with Crippen LogP contribution in [-0.4, -0.2) is 23.2 Å². The van der Waals surface area contributed by atoms with Crippen molar-refractivity contribution in [2.45, 2.75) is 19.4 Å². The van der Waals surface area contributed by atoms with Gasteiger partial charge < -0.3 is 9.84 Å². The molecule has 0 bridgehead atoms. The molecule has 0 spiro atoms. The lowest BCUT2D eigenvalue weighted by molar-refractivity contribution is -0.136. The van der Waals surface area contributed by atoms with E-state index in [1.165, 1.54) is 11.3 Å². The van der Waals surface area contributed by atoms with Crippen LogP contribution in [-0.2, 0) is 16.0 Å². The monoisotopic (exact) mass is 201 g/mol. The Morgan fingerprint density at radius 1 is 1.85 bits per heavy atom. The van der Waals surface area contributed by atoms with Crippen molar-refractivity contribution in [2.24, 2.45) is 0 Å². The van der Waals surface area contributed by atoms with Gasteiger partial charge >= 0.3 is 5.97 Å². The predicted octanol–water partition coefficient (Wildman–Crippen LogP) is 1.48. The van der Waals surface area contributed by atoms with E-state index in [4.69, 9.17) is 9.84 Å². The van der Waals surface area contributed by atoms with E-state index in [-0.39, 0.29) is 12.5 Å². The van der Waals surface area contributed by atoms with E-state index < -0.39 is 5.97 Å². The lowest BCUT2D eigenvalue weighted by Crippen LogP contribution is -2.01. The Labute approximate surface area is 80.2 Å². The molecule has 72 valence electrons. The number of hydrogen-bond acceptors (Lipinski definition) is 4. The number of nitrogens with zero attached hydrogens (tertiary/aromatic N) is 1. The molecule has 0 amide bonds. The maximum absolute atomic E-state index is 10.4. The Morgan fingerprint density at radius 2 is 2.54 bits per heavy atom. The average molecular weight is 201 g/mol. The summed E-state index contributed by atoms with van der Waals surface area (Å²) in [6, 6.07) is 0. The summed E-state index contributed by atoms with van der Waals surface area (Å²) in [5.41, 5.74) is 0.594. The number of carbonyl (C=O) groups is 1. The number of thiazole rings is 1. The molecule has 1 rings (SSSR count). The van der Waals surface area contributed by atoms with Crippen LogP contribution in [0.3, 0.4) is 0 Å². The molecule has 0 fully saturated rings. The van der Waals surface area contributed by atoms with Gasteiger partial charge in [0, 0.05) is 12.5 Å². The molecular weight excluding hydrogens is 190 g/mol. The second kappa shape index (κ2) is 4.34. The fourth-order valence-corrected chi connectivity index (χ4v) is 1.70. The summed E-state index contributed by atoms with van der Waals surface area (Å²) in [5.74, 6) is -0.859. The number of carboxylic acids is 1. The number of ether oxygens (including phenoxy) is 1. The molecule has 0 aliphatic heterocycles. The molecule has 1 heterocycles. The molecular formula is C8H11NO3S. The molecule has 0 aliphatic rings. The fourth-order valence-electron chi connectivity index (χ4n) is 0.846. The number of methoxy groups -OCH3 is 1. The van der Waals surface area contributed by atoms with Gasteiger partial charge in [0.15, 0.2) is 0 Å². The zero-order valence-corrected chi connectivity index (χ0v) is 8.30. The molecule has 1 aromatic heterocycles. The highest BCUT2D eigenvalue weighted by molar-refractivity contribution is 7.09. The van der Waals surface area contributed by atoms with Crippen LogP contribution in [0.4, 0.5) is 0 Å². The summed E-state index contributed by atoms with van der Waals surface area (Å²) in [4.78, 5) is 14.5. The molecule has 0 unspecified atom stereocenters. The first kappa shape index (κ1) is 10.1. The molecule has 1 aromatic rings. The second-order valence-corrected chi connectivity index (χ2v) is 3.52. The molecule has 1 atom stereocenters. The van der Waals surface area contributed by atoms with Crippen LogP contribution in [0, 0.1) is 0 Å². The standard InChI is InChI=1S/C8H11NO3S/c1-5(12-2)8-9-6(4-13-8)3-7(10)11/h4-5H,3H2,1-2H3,(H,10,11)/t5-/m1/s1. The zero-order chi connectivity index (χ0) is 9.84. The Hall–Kier alpha value is -0.940. The fraction of sp³-hybridized carbons (Fsp3) is 0.500. The zero-order valence-electron chi connectivity index (χ0n) is 7.48. The van der Waals surface area contributed by atoms with Gasteiger partial charge in [-0.25, -0.2) is 4.98 Å². The van der Waals surface area contributed by atoms with Gasteiger partial charge in [-0.2, -0.15) is 0 Å². The van der Waals surface area contributed by atoms with Gasteiger partial charge in [0.05, 0.1) is 12.1 Å². The summed E-state index contributed by atoms with van der Waals surface area (Å²) >= 11 is 1.42. The number of aliphatic carboxylic acids is 1. The summed E-state index contributed by atoms with van der Waals surface area (Å²) in [5, 5.41) is 11.1. The normalized spacial score (nSPS) is 12.8. The van der Waals surface area contributed by atoms with Crippen LogP contribution in [0.15, 0.2) is 5.38 Å². The quantitative estimate of drug-likeness (QED) is 0.801. The molecule has 4 nitrogen and oxygen atoms in total. The number of hydrogen-bond donors (Lipinski definition) is 1. The van der Waals surface area contributed by atoms with Gasteiger partial charge in [-0.1, -0.05) is 0 Å². The first-order valence-corrected chi connectivity index (χ1v) is 4.70. The first-order chi connectivity index (χ1) is 6.13. The van der Waals surface area contributed by atoms with Crippen molar-refractivity contribution in [2.75, 3.05) is 7.11 Å². The van der Waals surface area contributed by atoms with Crippen molar-refractivity contribution in [3.8, 4) is 0 Å². The van der Waals surface area contributed by atoms with Gasteiger partial charge in [0.25, 0.3) is 0 Å². The third kappa shape index (κ3) is 2.78. The van der Waals surface area contributed by atoms with E-state index >= 15 is 0 Å². The van der Waals surface area contributed by atoms with Crippen molar-refractivity contribution in [1.29, 1.82) is 0 Å². The minimum Gasteiger partial charge on any atom is -0.481 e. The van der Waals surface area contributed by atoms with E-state index in [2.05, 4.69) is 4.98 Å². The van der Waals surface area contributed by atoms with Crippen molar-refractivity contribution in [1.82, 2.24) is 4.98 Å². The minimum atomic E-state index is -0.859. The molecule has 0 saturated carbocycles. The van der Waals surface area contributed by atoms with E-state index in [0.717, 1.165) is 5.01 Å². The average Bonchev–Trinajstić information content (AvgIpc) is 2.50. The highest BCUT2D eigenvalue weighted by atomic mass is 32.1. The third-order valence-electron chi connectivity index (χ3n) is 1.60. The Morgan fingerprint density at radius 3 is 3.08 bits per heavy atom. The highest BCUT2D eigenvalue weighted by Gasteiger charge is 2.10. The van der Waals surface area contributed by atoms with Gasteiger partial charge in [0.1, 0.15) is 11.1 Å². The smallest absolute Gasteiger partial charge is 0.309 e. The number of aromatic nitrogens is 1. The summed E-state index contributed by atoms with van der Waals surface area (Å²) in [6.45, 7) is 1.88. The number of rotatable bonds is 4. The van der Waals surface area contributed by atoms with E-state index in [9.17, 15) is 4.79 Å². The predicted molar refractivity (Wildman–Crippen MR) is 48.9 cm³/mol. The molecule has 0 radical (unpaired) electrons. The van der Waals surface area contributed by atoms with Crippen LogP contribution in [0.1, 0.15) is 23.7 Å². The minimum absolute atomic E-state index is 0.0209. The maximum Gasteiger partial charge on any atom is 0.309 e. The largest absolute Gasteiger partial charge is 0.481 e. The van der Waals surface area contributed by atoms with E-state index in [1.54, 1.807) is 12.5 Å². The lowest BCUT2D eigenvalue weighted by Gasteiger charge is -2.03. The molecule has 5 heteroatoms. The SMILES string of the molecule is CO[C@H](C)c1nc(CC(=O)O)cs1. The van der Waals surface area contributed by atoms with E-state index in [1.807, 2.05) is 6.92 Å². The van der Waals surface area contributed by atoms with Crippen LogP contribution in [0.25, 0.3) is 0 Å². The maximum atomic E-state index is 10.4. The van der Waals surface area contributed by atoms with Crippen LogP contribution in [0.2, 0.25) is 0 Å². The molecule has 13 heavy (non-hydrogen) atoms. The van der Waals surface area contributed by atoms with Gasteiger partial charge in [-0.05, 0) is 6.92 Å². The van der Waals surface area contributed by atoms with Crippen LogP contribution in [0.5, 0.6) is 0 Å². The lowest BCUT2D eigenvalue weighted by atomic mass is 10.3. The van der Waals surface area contributed by atoms with Crippen LogP contribution < -0.4 is 0 Å². The summed E-state index contributed by atoms with van der Waals surface area (Å²) in [7, 11) is 1.60. The second-order valence-electron chi connectivity index (χ2n) is 2.63. The molecule has 1 N–H and O–H groups in total. The van der Waals surface area contributed by atoms with Gasteiger partial charge in [-0.15, -0.1) is 11.3 Å². The van der Waals surface area contributed by atoms with E-state index in [0.29, 0.717) is 5.69 Å². The van der Waals surface area contributed by atoms with Crippen molar-refractivity contribution < 1.29 is 14.6 Å². The molecule has 0 saturated heterocycles. The summed E-state index contributed by atoms with van der Waals surface area (Å²) < 4.78 is 5.06. The highest BCUT2D eigenvalue weighted by Crippen LogP contribution is 2.20. The van der Waals surface area contributed by atoms with Crippen LogP contribution >= 0.6 is 11.3 Å². The topological polar surface area (TPSA) is 59.4 Å². The van der Waals surface area contributed by atoms with Crippen molar-refractivity contribution >= 4 is 17.3 Å².